The number of hydrogen-bond donors (Lipinski definition) is 3. The number of fused-ring (bicyclic) bond motifs is 1. The fourth-order valence-corrected chi connectivity index (χ4v) is 4.08. The molecule has 3 N–H and O–H groups in total. The van der Waals surface area contributed by atoms with Crippen molar-refractivity contribution in [2.24, 2.45) is 0 Å². The van der Waals surface area contributed by atoms with Crippen molar-refractivity contribution < 1.29 is 9.18 Å². The highest BCUT2D eigenvalue weighted by molar-refractivity contribution is 6.06. The van der Waals surface area contributed by atoms with Crippen LogP contribution in [0.3, 0.4) is 0 Å². The summed E-state index contributed by atoms with van der Waals surface area (Å²) in [5, 5.41) is 11.6. The molecule has 1 aliphatic heterocycles. The number of amides is 1. The highest BCUT2D eigenvalue weighted by Crippen LogP contribution is 2.25. The van der Waals surface area contributed by atoms with E-state index >= 15 is 0 Å². The van der Waals surface area contributed by atoms with E-state index in [1.807, 2.05) is 30.3 Å². The third-order valence-corrected chi connectivity index (χ3v) is 5.63. The van der Waals surface area contributed by atoms with E-state index in [0.29, 0.717) is 12.1 Å². The Bertz CT molecular complexity index is 1180. The van der Waals surface area contributed by atoms with Crippen molar-refractivity contribution in [1.82, 2.24) is 20.5 Å². The van der Waals surface area contributed by atoms with Gasteiger partial charge >= 0.3 is 0 Å². The van der Waals surface area contributed by atoms with E-state index in [2.05, 4.69) is 25.4 Å². The molecule has 2 aromatic heterocycles. The van der Waals surface area contributed by atoms with Crippen LogP contribution < -0.4 is 10.2 Å². The molecule has 152 valence electrons. The van der Waals surface area contributed by atoms with Crippen LogP contribution in [0.15, 0.2) is 60.8 Å². The number of rotatable bonds is 4. The van der Waals surface area contributed by atoms with E-state index in [1.54, 1.807) is 18.3 Å². The summed E-state index contributed by atoms with van der Waals surface area (Å²) in [6, 6.07) is 16.2. The first kappa shape index (κ1) is 18.4. The lowest BCUT2D eigenvalue weighted by atomic mass is 10.0. The number of aromatic amines is 2. The topological polar surface area (TPSA) is 76.8 Å². The Labute approximate surface area is 173 Å². The number of hydrogen-bond acceptors (Lipinski definition) is 3. The van der Waals surface area contributed by atoms with Crippen LogP contribution in [0.1, 0.15) is 23.2 Å². The lowest BCUT2D eigenvalue weighted by Crippen LogP contribution is -2.48. The van der Waals surface area contributed by atoms with Crippen LogP contribution in [0.4, 0.5) is 10.2 Å². The van der Waals surface area contributed by atoms with E-state index < -0.39 is 0 Å². The number of nitrogens with zero attached hydrogens (tertiary/aromatic N) is 2. The minimum Gasteiger partial charge on any atom is -0.360 e. The van der Waals surface area contributed by atoms with Crippen LogP contribution in [0.2, 0.25) is 0 Å². The molecule has 4 aromatic rings. The Morgan fingerprint density at radius 3 is 2.87 bits per heavy atom. The third-order valence-electron chi connectivity index (χ3n) is 5.63. The van der Waals surface area contributed by atoms with Crippen molar-refractivity contribution in [2.75, 3.05) is 18.0 Å². The van der Waals surface area contributed by atoms with Crippen LogP contribution in [0, 0.1) is 5.82 Å². The van der Waals surface area contributed by atoms with Gasteiger partial charge in [0.25, 0.3) is 5.91 Å². The van der Waals surface area contributed by atoms with Gasteiger partial charge < -0.3 is 15.2 Å². The zero-order valence-electron chi connectivity index (χ0n) is 16.4. The summed E-state index contributed by atoms with van der Waals surface area (Å²) in [6.07, 6.45) is 3.67. The van der Waals surface area contributed by atoms with Crippen LogP contribution in [0.5, 0.6) is 0 Å². The Kier molecular flexibility index (Phi) is 4.71. The second-order valence-electron chi connectivity index (χ2n) is 7.65. The van der Waals surface area contributed by atoms with Gasteiger partial charge in [-0.3, -0.25) is 9.89 Å². The van der Waals surface area contributed by atoms with Gasteiger partial charge in [-0.15, -0.1) is 0 Å². The fourth-order valence-electron chi connectivity index (χ4n) is 4.08. The van der Waals surface area contributed by atoms with Crippen molar-refractivity contribution in [3.05, 3.63) is 72.2 Å². The molecule has 0 spiro atoms. The average molecular weight is 403 g/mol. The molecule has 1 unspecified atom stereocenters. The van der Waals surface area contributed by atoms with E-state index in [-0.39, 0.29) is 17.8 Å². The smallest absolute Gasteiger partial charge is 0.253 e. The van der Waals surface area contributed by atoms with Crippen molar-refractivity contribution >= 4 is 22.6 Å². The monoisotopic (exact) mass is 403 g/mol. The number of para-hydroxylation sites is 1. The number of H-pyrrole nitrogens is 2. The largest absolute Gasteiger partial charge is 0.360 e. The number of halogens is 1. The Morgan fingerprint density at radius 1 is 1.17 bits per heavy atom. The molecule has 6 nitrogen and oxygen atoms in total. The molecular formula is C23H22FN5O. The summed E-state index contributed by atoms with van der Waals surface area (Å²) in [4.78, 5) is 18.2. The van der Waals surface area contributed by atoms with Crippen molar-refractivity contribution in [2.45, 2.75) is 18.9 Å². The second-order valence-corrected chi connectivity index (χ2v) is 7.65. The molecular weight excluding hydrogens is 381 g/mol. The van der Waals surface area contributed by atoms with Crippen LogP contribution in [0.25, 0.3) is 22.2 Å². The summed E-state index contributed by atoms with van der Waals surface area (Å²) in [6.45, 7) is 1.58. The van der Waals surface area contributed by atoms with Crippen LogP contribution in [-0.4, -0.2) is 40.2 Å². The number of aromatic nitrogens is 3. The van der Waals surface area contributed by atoms with E-state index in [9.17, 15) is 9.18 Å². The first-order valence-corrected chi connectivity index (χ1v) is 10.1. The molecule has 0 aliphatic carbocycles. The summed E-state index contributed by atoms with van der Waals surface area (Å²) in [7, 11) is 0. The van der Waals surface area contributed by atoms with Gasteiger partial charge in [0.1, 0.15) is 5.82 Å². The van der Waals surface area contributed by atoms with Gasteiger partial charge in [-0.1, -0.05) is 18.2 Å². The highest BCUT2D eigenvalue weighted by atomic mass is 19.1. The maximum atomic E-state index is 13.2. The molecule has 7 heteroatoms. The summed E-state index contributed by atoms with van der Waals surface area (Å²) < 4.78 is 13.2. The van der Waals surface area contributed by atoms with Crippen LogP contribution in [-0.2, 0) is 0 Å². The van der Waals surface area contributed by atoms with E-state index in [0.717, 1.165) is 47.4 Å². The maximum Gasteiger partial charge on any atom is 0.253 e. The van der Waals surface area contributed by atoms with Gasteiger partial charge in [-0.25, -0.2) is 4.39 Å². The van der Waals surface area contributed by atoms with Gasteiger partial charge in [-0.05, 0) is 48.7 Å². The minimum atomic E-state index is -0.261. The zero-order valence-corrected chi connectivity index (χ0v) is 16.4. The predicted molar refractivity (Wildman–Crippen MR) is 115 cm³/mol. The molecule has 1 fully saturated rings. The number of anilines is 1. The Morgan fingerprint density at radius 2 is 2.00 bits per heavy atom. The maximum absolute atomic E-state index is 13.2. The first-order chi connectivity index (χ1) is 14.7. The van der Waals surface area contributed by atoms with Crippen LogP contribution >= 0.6 is 0 Å². The first-order valence-electron chi connectivity index (χ1n) is 10.1. The summed E-state index contributed by atoms with van der Waals surface area (Å²) in [5.74, 6) is 0.511. The average Bonchev–Trinajstić information content (AvgIpc) is 3.42. The second kappa shape index (κ2) is 7.67. The summed E-state index contributed by atoms with van der Waals surface area (Å²) >= 11 is 0. The number of benzene rings is 2. The molecule has 1 atom stereocenters. The van der Waals surface area contributed by atoms with E-state index in [1.165, 1.54) is 12.1 Å². The normalized spacial score (nSPS) is 16.7. The molecule has 1 saturated heterocycles. The van der Waals surface area contributed by atoms with Gasteiger partial charge in [-0.2, -0.15) is 5.10 Å². The number of piperidine rings is 1. The van der Waals surface area contributed by atoms with Crippen molar-refractivity contribution in [1.29, 1.82) is 0 Å². The number of carbonyl (C=O) groups is 1. The molecule has 3 heterocycles. The lowest BCUT2D eigenvalue weighted by molar-refractivity contribution is 0.0935. The highest BCUT2D eigenvalue weighted by Gasteiger charge is 2.24. The molecule has 1 amide bonds. The zero-order chi connectivity index (χ0) is 20.5. The Hall–Kier alpha value is -3.61. The molecule has 0 bridgehead atoms. The standard InChI is InChI=1S/C23H22FN5O/c24-16-9-7-15(8-10-16)21-12-22(28-27-21)29-11-3-4-17(14-29)26-23(30)19-13-25-20-6-2-1-5-18(19)20/h1-2,5-10,12-13,17,25H,3-4,11,14H2,(H,26,30)(H,27,28). The Balaban J connectivity index is 1.28. The van der Waals surface area contributed by atoms with Crippen molar-refractivity contribution in [3.63, 3.8) is 0 Å². The molecule has 5 rings (SSSR count). The lowest BCUT2D eigenvalue weighted by Gasteiger charge is -2.33. The molecule has 1 aliphatic rings. The molecule has 0 saturated carbocycles. The molecule has 2 aromatic carbocycles. The predicted octanol–water partition coefficient (Wildman–Crippen LogP) is 4.10. The minimum absolute atomic E-state index is 0.0471. The number of carbonyl (C=O) groups excluding carboxylic acids is 1. The number of nitrogens with one attached hydrogen (secondary N) is 3. The summed E-state index contributed by atoms with van der Waals surface area (Å²) in [5.41, 5.74) is 3.35. The van der Waals surface area contributed by atoms with Gasteiger partial charge in [0.05, 0.1) is 11.3 Å². The third kappa shape index (κ3) is 3.54. The van der Waals surface area contributed by atoms with Gasteiger partial charge in [0, 0.05) is 42.3 Å². The molecule has 0 radical (unpaired) electrons. The van der Waals surface area contributed by atoms with Gasteiger partial charge in [0.15, 0.2) is 5.82 Å². The van der Waals surface area contributed by atoms with Crippen molar-refractivity contribution in [3.8, 4) is 11.3 Å². The fraction of sp³-hybridized carbons (Fsp3) is 0.217. The quantitative estimate of drug-likeness (QED) is 0.480. The SMILES string of the molecule is O=C(NC1CCCN(c2cc(-c3ccc(F)cc3)[nH]n2)C1)c1c[nH]c2ccccc12. The van der Waals surface area contributed by atoms with E-state index in [4.69, 9.17) is 0 Å². The molecule has 30 heavy (non-hydrogen) atoms. The van der Waals surface area contributed by atoms with Gasteiger partial charge in [0.2, 0.25) is 0 Å².